The van der Waals surface area contributed by atoms with Crippen molar-refractivity contribution in [3.63, 3.8) is 0 Å². The third kappa shape index (κ3) is 10.4. The van der Waals surface area contributed by atoms with E-state index in [0.29, 0.717) is 0 Å². The summed E-state index contributed by atoms with van der Waals surface area (Å²) >= 11 is 1.36. The summed E-state index contributed by atoms with van der Waals surface area (Å²) in [7, 11) is 0. The molecule has 0 saturated heterocycles. The van der Waals surface area contributed by atoms with E-state index < -0.39 is 0 Å². The second-order valence-corrected chi connectivity index (χ2v) is 13.6. The zero-order chi connectivity index (χ0) is 36.8. The maximum atomic E-state index is 5.85. The monoisotopic (exact) mass is 874 g/mol. The number of halogens is 2. The average Bonchev–Trinajstić information content (AvgIpc) is 3.98. The third-order valence-electron chi connectivity index (χ3n) is 9.86. The van der Waals surface area contributed by atoms with Crippen LogP contribution in [0, 0.1) is 42.5 Å². The number of hydrogen-bond donors (Lipinski definition) is 0. The average molecular weight is 877 g/mol. The second-order valence-electron chi connectivity index (χ2n) is 13.6. The summed E-state index contributed by atoms with van der Waals surface area (Å²) in [6, 6.07) is 43.4. The molecule has 2 nitrogen and oxygen atoms in total. The minimum atomic E-state index is 0. The van der Waals surface area contributed by atoms with Crippen LogP contribution in [0.4, 0.5) is 0 Å². The number of hydrogen-bond acceptors (Lipinski definition) is 2. The van der Waals surface area contributed by atoms with Gasteiger partial charge in [-0.3, -0.25) is 0 Å². The van der Waals surface area contributed by atoms with Crippen LogP contribution in [0.3, 0.4) is 0 Å². The molecule has 292 valence electrons. The van der Waals surface area contributed by atoms with Crippen LogP contribution in [-0.2, 0) is 36.2 Å². The van der Waals surface area contributed by atoms with E-state index in [2.05, 4.69) is 144 Å². The zero-order valence-corrected chi connectivity index (χ0v) is 39.1. The molecule has 8 aromatic rings. The molecule has 2 radical (unpaired) electrons. The van der Waals surface area contributed by atoms with Crippen LogP contribution in [0.5, 0.6) is 0 Å². The van der Waals surface area contributed by atoms with Gasteiger partial charge in [0.15, 0.2) is 0 Å². The summed E-state index contributed by atoms with van der Waals surface area (Å²) in [6.07, 6.45) is 4.51. The van der Waals surface area contributed by atoms with Crippen molar-refractivity contribution in [3.05, 3.63) is 170 Å². The van der Waals surface area contributed by atoms with Gasteiger partial charge in [-0.25, -0.2) is 0 Å². The molecular weight excluding hydrogens is 823 g/mol. The van der Waals surface area contributed by atoms with E-state index in [1.165, 1.54) is 89.4 Å². The van der Waals surface area contributed by atoms with Gasteiger partial charge in [0.1, 0.15) is 0 Å². The van der Waals surface area contributed by atoms with Crippen LogP contribution >= 0.6 is 24.8 Å². The number of furan rings is 2. The van der Waals surface area contributed by atoms with Gasteiger partial charge in [-0.15, -0.1) is 82.8 Å². The molecule has 6 heteroatoms. The van der Waals surface area contributed by atoms with Gasteiger partial charge in [0.05, 0.1) is 23.0 Å². The van der Waals surface area contributed by atoms with Gasteiger partial charge < -0.3 is 23.7 Å². The molecule has 0 bridgehead atoms. The van der Waals surface area contributed by atoms with Crippen molar-refractivity contribution in [2.24, 2.45) is 0 Å². The van der Waals surface area contributed by atoms with Crippen LogP contribution in [0.25, 0.3) is 66.4 Å². The molecule has 0 atom stereocenters. The molecule has 0 spiro atoms. The topological polar surface area (TPSA) is 26.3 Å². The van der Waals surface area contributed by atoms with E-state index in [-0.39, 0.29) is 39.7 Å². The molecule has 0 aliphatic rings. The molecule has 8 rings (SSSR count). The van der Waals surface area contributed by atoms with Crippen LogP contribution in [-0.4, -0.2) is 6.88 Å². The third-order valence-corrected chi connectivity index (χ3v) is 9.86. The maximum absolute atomic E-state index is 5.85. The predicted octanol–water partition coefficient (Wildman–Crippen LogP) is 15.5. The first kappa shape index (κ1) is 48.5. The molecule has 6 aromatic carbocycles. The molecule has 56 heavy (non-hydrogen) atoms. The SMILES string of the molecule is CCCc1c(C)cc2[cH-]c(-c3ccc(C)o3)cc2c1-c1ccccc1.CCCc1c(C)cc2[cH-]c(-c3ccc(C)o3)cc2c1-c1ccccc1.Cl.Cl.[CH3-].[CH3-].[Si]=[Zr]. The van der Waals surface area contributed by atoms with Crippen LogP contribution in [0.1, 0.15) is 60.5 Å². The molecular formula is C50H54Cl2O2SiZr-4. The fraction of sp³-hybridized carbons (Fsp3) is 0.200. The van der Waals surface area contributed by atoms with Crippen molar-refractivity contribution < 1.29 is 32.2 Å². The van der Waals surface area contributed by atoms with Gasteiger partial charge in [-0.05, 0) is 87.1 Å². The fourth-order valence-corrected chi connectivity index (χ4v) is 7.56. The number of rotatable bonds is 8. The van der Waals surface area contributed by atoms with E-state index in [4.69, 9.17) is 8.83 Å². The molecule has 0 amide bonds. The van der Waals surface area contributed by atoms with Crippen molar-refractivity contribution in [1.82, 2.24) is 0 Å². The summed E-state index contributed by atoms with van der Waals surface area (Å²) in [4.78, 5) is 0. The minimum absolute atomic E-state index is 0. The van der Waals surface area contributed by atoms with Gasteiger partial charge >= 0.3 is 30.2 Å². The summed E-state index contributed by atoms with van der Waals surface area (Å²) in [5.41, 5.74) is 13.4. The number of aryl methyl sites for hydroxylation is 4. The molecule has 0 aliphatic heterocycles. The van der Waals surface area contributed by atoms with Crippen molar-refractivity contribution in [2.75, 3.05) is 0 Å². The van der Waals surface area contributed by atoms with Crippen molar-refractivity contribution in [1.29, 1.82) is 0 Å². The first-order chi connectivity index (χ1) is 25.3. The summed E-state index contributed by atoms with van der Waals surface area (Å²) in [6.45, 7) is 16.0. The molecule has 0 unspecified atom stereocenters. The van der Waals surface area contributed by atoms with E-state index in [1.807, 2.05) is 26.0 Å². The summed E-state index contributed by atoms with van der Waals surface area (Å²) < 4.78 is 11.7. The fourth-order valence-electron chi connectivity index (χ4n) is 7.56. The van der Waals surface area contributed by atoms with Gasteiger partial charge in [-0.2, -0.15) is 0 Å². The standard InChI is InChI=1S/2C24H23O.2CH3.2ClH.Si.Zr/c2*1-4-8-21-16(2)13-19-14-20(23-12-11-17(3)25-23)15-22(19)24(21)18-9-6-5-7-10-18;;;;;;/h2*5-7,9-15H,4,8H2,1-3H3;2*1H3;2*1H;;/q4*-1;;;;. The molecule has 2 heterocycles. The van der Waals surface area contributed by atoms with E-state index in [0.717, 1.165) is 59.9 Å². The Kier molecular flexibility index (Phi) is 19.3. The number of benzene rings is 4. The van der Waals surface area contributed by atoms with E-state index >= 15 is 0 Å². The zero-order valence-electron chi connectivity index (χ0n) is 34.0. The Hall–Kier alpha value is -3.66. The first-order valence-electron chi connectivity index (χ1n) is 18.3. The Bertz CT molecular complexity index is 2240. The Balaban J connectivity index is 0.000000347. The van der Waals surface area contributed by atoms with Gasteiger partial charge in [0, 0.05) is 0 Å². The molecule has 0 fully saturated rings. The Morgan fingerprint density at radius 1 is 0.518 bits per heavy atom. The Morgan fingerprint density at radius 2 is 0.875 bits per heavy atom. The second kappa shape index (κ2) is 22.3. The van der Waals surface area contributed by atoms with Gasteiger partial charge in [0.25, 0.3) is 0 Å². The summed E-state index contributed by atoms with van der Waals surface area (Å²) in [5.74, 6) is 3.79. The van der Waals surface area contributed by atoms with Crippen molar-refractivity contribution in [3.8, 4) is 44.9 Å². The molecule has 0 saturated carbocycles. The molecule has 2 aromatic heterocycles. The van der Waals surface area contributed by atoms with Crippen molar-refractivity contribution in [2.45, 2.75) is 67.2 Å². The van der Waals surface area contributed by atoms with Crippen LogP contribution in [0.2, 0.25) is 0 Å². The Morgan fingerprint density at radius 3 is 1.18 bits per heavy atom. The van der Waals surface area contributed by atoms with Crippen molar-refractivity contribution >= 4 is 53.2 Å². The van der Waals surface area contributed by atoms with Crippen LogP contribution in [0.15, 0.2) is 130 Å². The van der Waals surface area contributed by atoms with E-state index in [9.17, 15) is 0 Å². The van der Waals surface area contributed by atoms with Gasteiger partial charge in [0.2, 0.25) is 0 Å². The predicted molar refractivity (Wildman–Crippen MR) is 245 cm³/mol. The first-order valence-corrected chi connectivity index (χ1v) is 22.5. The molecule has 0 aliphatic carbocycles. The van der Waals surface area contributed by atoms with Gasteiger partial charge in [-0.1, -0.05) is 121 Å². The quantitative estimate of drug-likeness (QED) is 0.112. The summed E-state index contributed by atoms with van der Waals surface area (Å²) in [5, 5.41) is 5.23. The normalized spacial score (nSPS) is 10.2. The van der Waals surface area contributed by atoms with Crippen LogP contribution < -0.4 is 0 Å². The Labute approximate surface area is 364 Å². The molecule has 0 N–H and O–H groups in total. The van der Waals surface area contributed by atoms with E-state index in [1.54, 1.807) is 0 Å². The number of fused-ring (bicyclic) bond motifs is 2.